The van der Waals surface area contributed by atoms with Crippen LogP contribution in [0.1, 0.15) is 44.4 Å². The molecule has 0 amide bonds. The van der Waals surface area contributed by atoms with E-state index in [1.165, 1.54) is 0 Å². The molecule has 1 atom stereocenters. The summed E-state index contributed by atoms with van der Waals surface area (Å²) >= 11 is 0. The van der Waals surface area contributed by atoms with E-state index in [9.17, 15) is 0 Å². The van der Waals surface area contributed by atoms with Gasteiger partial charge in [0.25, 0.3) is 0 Å². The van der Waals surface area contributed by atoms with Gasteiger partial charge in [0.15, 0.2) is 0 Å². The average Bonchev–Trinajstić information content (AvgIpc) is 2.37. The summed E-state index contributed by atoms with van der Waals surface area (Å²) in [5.74, 6) is 1.19. The number of hydrogen-bond acceptors (Lipinski definition) is 4. The quantitative estimate of drug-likeness (QED) is 0.461. The summed E-state index contributed by atoms with van der Waals surface area (Å²) in [5.41, 5.74) is 3.18. The van der Waals surface area contributed by atoms with Gasteiger partial charge in [-0.05, 0) is 39.0 Å². The van der Waals surface area contributed by atoms with E-state index in [1.54, 1.807) is 25.1 Å². The molecule has 2 rings (SSSR count). The number of nitrogens with zero attached hydrogens (tertiary/aromatic N) is 2. The summed E-state index contributed by atoms with van der Waals surface area (Å²) in [6.45, 7) is 5.69. The maximum absolute atomic E-state index is 8.98. The Bertz CT molecular complexity index is 558. The summed E-state index contributed by atoms with van der Waals surface area (Å²) in [7, 11) is 0. The third-order valence-electron chi connectivity index (χ3n) is 3.08. The molecule has 1 aromatic rings. The van der Waals surface area contributed by atoms with Gasteiger partial charge in [-0.15, -0.1) is 0 Å². The van der Waals surface area contributed by atoms with Gasteiger partial charge in [0.2, 0.25) is 0 Å². The monoisotopic (exact) mass is 259 g/mol. The molecule has 100 valence electrons. The lowest BCUT2D eigenvalue weighted by Gasteiger charge is -2.36. The van der Waals surface area contributed by atoms with Crippen molar-refractivity contribution in [3.8, 4) is 11.8 Å². The van der Waals surface area contributed by atoms with Crippen LogP contribution in [-0.4, -0.2) is 16.6 Å². The minimum atomic E-state index is -0.328. The fraction of sp³-hybridized carbons (Fsp3) is 0.429. The largest absolute Gasteiger partial charge is 0.487 e. The third kappa shape index (κ3) is 2.85. The van der Waals surface area contributed by atoms with Crippen molar-refractivity contribution < 1.29 is 9.94 Å². The van der Waals surface area contributed by atoms with Crippen molar-refractivity contribution in [3.63, 3.8) is 0 Å². The van der Waals surface area contributed by atoms with Crippen LogP contribution in [0.25, 0.3) is 0 Å². The number of hydroxylamine groups is 1. The molecule has 1 aromatic carbocycles. The highest BCUT2D eigenvalue weighted by atomic mass is 16.5. The highest BCUT2D eigenvalue weighted by molar-refractivity contribution is 5.78. The lowest BCUT2D eigenvalue weighted by Crippen LogP contribution is -2.35. The van der Waals surface area contributed by atoms with Crippen LogP contribution in [0.15, 0.2) is 23.2 Å². The minimum absolute atomic E-state index is 0.133. The Kier molecular flexibility index (Phi) is 3.45. The first-order valence-electron chi connectivity index (χ1n) is 6.13. The molecule has 0 bridgehead atoms. The number of amidine groups is 1. The van der Waals surface area contributed by atoms with Crippen molar-refractivity contribution in [2.24, 2.45) is 4.99 Å². The molecule has 0 radical (unpaired) electrons. The predicted octanol–water partition coefficient (Wildman–Crippen LogP) is 2.56. The first-order chi connectivity index (χ1) is 8.95. The number of benzene rings is 1. The van der Waals surface area contributed by atoms with Crippen LogP contribution in [-0.2, 0) is 0 Å². The second kappa shape index (κ2) is 4.90. The van der Waals surface area contributed by atoms with E-state index in [1.807, 2.05) is 19.3 Å². The number of nitrogens with one attached hydrogen (secondary N) is 1. The lowest BCUT2D eigenvalue weighted by atomic mass is 9.89. The van der Waals surface area contributed by atoms with Gasteiger partial charge in [-0.3, -0.25) is 15.7 Å². The fourth-order valence-electron chi connectivity index (χ4n) is 2.26. The molecule has 0 spiro atoms. The average molecular weight is 259 g/mol. The van der Waals surface area contributed by atoms with Crippen molar-refractivity contribution in [1.29, 1.82) is 5.26 Å². The van der Waals surface area contributed by atoms with Crippen LogP contribution in [0.4, 0.5) is 0 Å². The Labute approximate surface area is 112 Å². The summed E-state index contributed by atoms with van der Waals surface area (Å²) in [6.07, 6.45) is 0.688. The van der Waals surface area contributed by atoms with Gasteiger partial charge in [0, 0.05) is 12.0 Å². The number of aliphatic imine (C=N–C) groups is 1. The Hall–Kier alpha value is -2.06. The number of hydrogen-bond donors (Lipinski definition) is 2. The van der Waals surface area contributed by atoms with Crippen LogP contribution in [0.5, 0.6) is 5.75 Å². The molecule has 19 heavy (non-hydrogen) atoms. The number of ether oxygens (including phenoxy) is 1. The molecule has 5 heteroatoms. The molecule has 2 N–H and O–H groups in total. The first kappa shape index (κ1) is 13.4. The second-order valence-corrected chi connectivity index (χ2v) is 5.27. The second-order valence-electron chi connectivity index (χ2n) is 5.27. The highest BCUT2D eigenvalue weighted by Gasteiger charge is 2.33. The number of nitriles is 1. The van der Waals surface area contributed by atoms with Gasteiger partial charge in [-0.25, -0.2) is 0 Å². The zero-order chi connectivity index (χ0) is 14.0. The zero-order valence-electron chi connectivity index (χ0n) is 11.3. The van der Waals surface area contributed by atoms with Gasteiger partial charge >= 0.3 is 0 Å². The van der Waals surface area contributed by atoms with Gasteiger partial charge < -0.3 is 4.74 Å². The molecular formula is C14H17N3O2. The van der Waals surface area contributed by atoms with Crippen LogP contribution in [0.3, 0.4) is 0 Å². The Morgan fingerprint density at radius 2 is 2.32 bits per heavy atom. The van der Waals surface area contributed by atoms with Crippen molar-refractivity contribution in [1.82, 2.24) is 5.48 Å². The van der Waals surface area contributed by atoms with Gasteiger partial charge in [0.1, 0.15) is 17.2 Å². The van der Waals surface area contributed by atoms with Crippen LogP contribution >= 0.6 is 0 Å². The van der Waals surface area contributed by atoms with E-state index in [4.69, 9.17) is 15.2 Å². The fourth-order valence-corrected chi connectivity index (χ4v) is 2.26. The van der Waals surface area contributed by atoms with E-state index in [0.717, 1.165) is 11.3 Å². The summed E-state index contributed by atoms with van der Waals surface area (Å²) < 4.78 is 5.90. The van der Waals surface area contributed by atoms with Crippen molar-refractivity contribution in [3.05, 3.63) is 29.3 Å². The smallest absolute Gasteiger partial charge is 0.125 e. The predicted molar refractivity (Wildman–Crippen MR) is 71.3 cm³/mol. The van der Waals surface area contributed by atoms with E-state index >= 15 is 0 Å². The molecule has 1 unspecified atom stereocenters. The van der Waals surface area contributed by atoms with E-state index < -0.39 is 0 Å². The molecule has 0 saturated heterocycles. The standard InChI is InChI=1S/C14H17N3O2/c1-9(17-18)16-12-7-14(2,3)19-13-5-4-10(8-15)6-11(12)13/h4-6,12,18H,7H2,1-3H3,(H,16,17). The molecule has 0 fully saturated rings. The van der Waals surface area contributed by atoms with Crippen LogP contribution in [0.2, 0.25) is 0 Å². The van der Waals surface area contributed by atoms with E-state index in [2.05, 4.69) is 11.1 Å². The molecule has 5 nitrogen and oxygen atoms in total. The normalized spacial score (nSPS) is 21.0. The highest BCUT2D eigenvalue weighted by Crippen LogP contribution is 2.41. The van der Waals surface area contributed by atoms with Gasteiger partial charge in [0.05, 0.1) is 17.7 Å². The first-order valence-corrected chi connectivity index (χ1v) is 6.13. The lowest BCUT2D eigenvalue weighted by molar-refractivity contribution is 0.0729. The zero-order valence-corrected chi connectivity index (χ0v) is 11.3. The van der Waals surface area contributed by atoms with Crippen LogP contribution in [0, 0.1) is 11.3 Å². The third-order valence-corrected chi connectivity index (χ3v) is 3.08. The maximum Gasteiger partial charge on any atom is 0.125 e. The number of fused-ring (bicyclic) bond motifs is 1. The molecule has 0 aliphatic carbocycles. The number of rotatable bonds is 1. The molecule has 1 aliphatic heterocycles. The van der Waals surface area contributed by atoms with Crippen molar-refractivity contribution in [2.45, 2.75) is 38.8 Å². The molecule has 1 aliphatic rings. The topological polar surface area (TPSA) is 77.6 Å². The van der Waals surface area contributed by atoms with Crippen LogP contribution < -0.4 is 10.2 Å². The molecule has 1 heterocycles. The van der Waals surface area contributed by atoms with Crippen molar-refractivity contribution in [2.75, 3.05) is 0 Å². The molecular weight excluding hydrogens is 242 g/mol. The maximum atomic E-state index is 8.98. The summed E-state index contributed by atoms with van der Waals surface area (Å²) in [6, 6.07) is 7.32. The van der Waals surface area contributed by atoms with E-state index in [-0.39, 0.29) is 11.6 Å². The Morgan fingerprint density at radius 1 is 1.58 bits per heavy atom. The molecule has 0 aromatic heterocycles. The van der Waals surface area contributed by atoms with E-state index in [0.29, 0.717) is 17.8 Å². The Morgan fingerprint density at radius 3 is 2.95 bits per heavy atom. The summed E-state index contributed by atoms with van der Waals surface area (Å²) in [4.78, 5) is 4.43. The van der Waals surface area contributed by atoms with Gasteiger partial charge in [-0.1, -0.05) is 0 Å². The molecule has 0 saturated carbocycles. The summed E-state index contributed by atoms with van der Waals surface area (Å²) in [5, 5.41) is 17.9. The Balaban J connectivity index is 2.48. The van der Waals surface area contributed by atoms with Crippen molar-refractivity contribution >= 4 is 5.84 Å². The van der Waals surface area contributed by atoms with Gasteiger partial charge in [-0.2, -0.15) is 5.26 Å². The minimum Gasteiger partial charge on any atom is -0.487 e. The SMILES string of the molecule is CC(=NC1CC(C)(C)Oc2ccc(C#N)cc21)NO.